The van der Waals surface area contributed by atoms with Crippen LogP contribution in [0, 0.1) is 11.3 Å². The molecule has 0 atom stereocenters. The Morgan fingerprint density at radius 1 is 1.13 bits per heavy atom. The van der Waals surface area contributed by atoms with E-state index in [4.69, 9.17) is 5.26 Å². The first-order chi connectivity index (χ1) is 11.1. The highest BCUT2D eigenvalue weighted by Crippen LogP contribution is 2.13. The molecule has 2 aromatic carbocycles. The lowest BCUT2D eigenvalue weighted by Gasteiger charge is -2.09. The van der Waals surface area contributed by atoms with Gasteiger partial charge in [-0.1, -0.05) is 12.1 Å². The highest BCUT2D eigenvalue weighted by molar-refractivity contribution is 6.05. The van der Waals surface area contributed by atoms with Gasteiger partial charge in [0.15, 0.2) is 0 Å². The summed E-state index contributed by atoms with van der Waals surface area (Å²) in [6.07, 6.45) is 1.53. The van der Waals surface area contributed by atoms with Crippen LogP contribution in [0.2, 0.25) is 0 Å². The van der Waals surface area contributed by atoms with Crippen molar-refractivity contribution < 1.29 is 4.79 Å². The van der Waals surface area contributed by atoms with Gasteiger partial charge in [0.25, 0.3) is 5.91 Å². The highest BCUT2D eigenvalue weighted by Gasteiger charge is 2.14. The second-order valence-electron chi connectivity index (χ2n) is 5.14. The molecule has 112 valence electrons. The van der Waals surface area contributed by atoms with Crippen molar-refractivity contribution in [2.24, 2.45) is 7.05 Å². The molecule has 0 fully saturated rings. The van der Waals surface area contributed by atoms with E-state index in [1.807, 2.05) is 18.2 Å². The van der Waals surface area contributed by atoms with Crippen molar-refractivity contribution in [3.8, 4) is 6.07 Å². The summed E-state index contributed by atoms with van der Waals surface area (Å²) < 4.78 is 1.75. The topological polar surface area (TPSA) is 74.9 Å². The maximum atomic E-state index is 12.5. The number of fused-ring (bicyclic) bond motifs is 1. The zero-order chi connectivity index (χ0) is 16.4. The van der Waals surface area contributed by atoms with Crippen LogP contribution < -0.4 is 10.7 Å². The predicted octanol–water partition coefficient (Wildman–Crippen LogP) is 2.66. The molecule has 3 rings (SSSR count). The lowest BCUT2D eigenvalue weighted by atomic mass is 10.1. The number of benzene rings is 2. The van der Waals surface area contributed by atoms with Gasteiger partial charge in [-0.25, -0.2) is 0 Å². The summed E-state index contributed by atoms with van der Waals surface area (Å²) in [4.78, 5) is 24.9. The van der Waals surface area contributed by atoms with Gasteiger partial charge < -0.3 is 9.88 Å². The first-order valence-corrected chi connectivity index (χ1v) is 7.00. The molecule has 3 aromatic rings. The number of nitrogens with zero attached hydrogens (tertiary/aromatic N) is 2. The Morgan fingerprint density at radius 2 is 1.83 bits per heavy atom. The molecule has 0 saturated heterocycles. The molecule has 5 heteroatoms. The van der Waals surface area contributed by atoms with Crippen molar-refractivity contribution in [1.29, 1.82) is 5.26 Å². The summed E-state index contributed by atoms with van der Waals surface area (Å²) in [6, 6.07) is 15.6. The summed E-state index contributed by atoms with van der Waals surface area (Å²) in [5, 5.41) is 12.0. The summed E-state index contributed by atoms with van der Waals surface area (Å²) in [7, 11) is 1.79. The Hall–Kier alpha value is -3.39. The maximum Gasteiger partial charge on any atom is 0.261 e. The summed E-state index contributed by atoms with van der Waals surface area (Å²) in [6.45, 7) is 0. The van der Waals surface area contributed by atoms with Gasteiger partial charge in [-0.2, -0.15) is 5.26 Å². The molecule has 1 amide bonds. The molecular formula is C18H13N3O2. The van der Waals surface area contributed by atoms with E-state index in [-0.39, 0.29) is 11.0 Å². The molecule has 0 spiro atoms. The number of aromatic nitrogens is 1. The number of anilines is 1. The zero-order valence-corrected chi connectivity index (χ0v) is 12.4. The van der Waals surface area contributed by atoms with Gasteiger partial charge in [0, 0.05) is 24.3 Å². The maximum absolute atomic E-state index is 12.5. The predicted molar refractivity (Wildman–Crippen MR) is 88.3 cm³/mol. The number of nitriles is 1. The van der Waals surface area contributed by atoms with Crippen LogP contribution in [0.5, 0.6) is 0 Å². The van der Waals surface area contributed by atoms with E-state index >= 15 is 0 Å². The molecule has 0 saturated carbocycles. The third-order valence-electron chi connectivity index (χ3n) is 3.61. The van der Waals surface area contributed by atoms with E-state index in [9.17, 15) is 9.59 Å². The standard InChI is InChI=1S/C18H13N3O2/c1-21-11-15(17(22)14-4-2-3-5-16(14)21)18(23)20-13-8-6-12(10-19)7-9-13/h2-9,11H,1H3,(H,20,23). The van der Waals surface area contributed by atoms with E-state index < -0.39 is 5.91 Å². The van der Waals surface area contributed by atoms with Crippen molar-refractivity contribution in [2.75, 3.05) is 5.32 Å². The minimum Gasteiger partial charge on any atom is -0.350 e. The second kappa shape index (κ2) is 5.78. The Bertz CT molecular complexity index is 995. The number of nitrogens with one attached hydrogen (secondary N) is 1. The number of carbonyl (C=O) groups is 1. The summed E-state index contributed by atoms with van der Waals surface area (Å²) >= 11 is 0. The first-order valence-electron chi connectivity index (χ1n) is 7.00. The monoisotopic (exact) mass is 303 g/mol. The van der Waals surface area contributed by atoms with Crippen LogP contribution in [0.15, 0.2) is 59.5 Å². The minimum absolute atomic E-state index is 0.0792. The quantitative estimate of drug-likeness (QED) is 0.791. The fourth-order valence-corrected chi connectivity index (χ4v) is 2.43. The fraction of sp³-hybridized carbons (Fsp3) is 0.0556. The molecule has 23 heavy (non-hydrogen) atoms. The summed E-state index contributed by atoms with van der Waals surface area (Å²) in [5.41, 5.74) is 1.58. The molecule has 0 aliphatic heterocycles. The van der Waals surface area contributed by atoms with E-state index in [0.29, 0.717) is 16.6 Å². The molecular weight excluding hydrogens is 290 g/mol. The Balaban J connectivity index is 1.99. The highest BCUT2D eigenvalue weighted by atomic mass is 16.2. The lowest BCUT2D eigenvalue weighted by molar-refractivity contribution is 0.102. The van der Waals surface area contributed by atoms with Crippen LogP contribution in [0.25, 0.3) is 10.9 Å². The van der Waals surface area contributed by atoms with Crippen LogP contribution in [0.4, 0.5) is 5.69 Å². The molecule has 0 aliphatic carbocycles. The molecule has 1 heterocycles. The number of hydrogen-bond donors (Lipinski definition) is 1. The molecule has 1 N–H and O–H groups in total. The Kier molecular flexibility index (Phi) is 3.65. The normalized spacial score (nSPS) is 10.3. The molecule has 0 aliphatic rings. The van der Waals surface area contributed by atoms with E-state index in [0.717, 1.165) is 5.52 Å². The molecule has 1 aromatic heterocycles. The number of pyridine rings is 1. The van der Waals surface area contributed by atoms with Gasteiger partial charge in [0.2, 0.25) is 5.43 Å². The average molecular weight is 303 g/mol. The van der Waals surface area contributed by atoms with Crippen molar-refractivity contribution in [2.45, 2.75) is 0 Å². The van der Waals surface area contributed by atoms with Gasteiger partial charge in [-0.15, -0.1) is 0 Å². The van der Waals surface area contributed by atoms with E-state index in [1.165, 1.54) is 6.20 Å². The third kappa shape index (κ3) is 2.70. The van der Waals surface area contributed by atoms with E-state index in [2.05, 4.69) is 5.32 Å². The Labute approximate surface area is 132 Å². The van der Waals surface area contributed by atoms with Crippen molar-refractivity contribution in [1.82, 2.24) is 4.57 Å². The smallest absolute Gasteiger partial charge is 0.261 e. The molecule has 0 radical (unpaired) electrons. The van der Waals surface area contributed by atoms with Crippen LogP contribution in [0.3, 0.4) is 0 Å². The van der Waals surface area contributed by atoms with Gasteiger partial charge in [0.05, 0.1) is 17.1 Å². The number of amides is 1. The largest absolute Gasteiger partial charge is 0.350 e. The molecule has 0 bridgehead atoms. The Morgan fingerprint density at radius 3 is 2.52 bits per heavy atom. The second-order valence-corrected chi connectivity index (χ2v) is 5.14. The first kappa shape index (κ1) is 14.5. The zero-order valence-electron chi connectivity index (χ0n) is 12.4. The number of rotatable bonds is 2. The van der Waals surface area contributed by atoms with Crippen LogP contribution >= 0.6 is 0 Å². The SMILES string of the molecule is Cn1cc(C(=O)Nc2ccc(C#N)cc2)c(=O)c2ccccc21. The van der Waals surface area contributed by atoms with Crippen LogP contribution in [0.1, 0.15) is 15.9 Å². The number of carbonyl (C=O) groups excluding carboxylic acids is 1. The minimum atomic E-state index is -0.471. The summed E-state index contributed by atoms with van der Waals surface area (Å²) in [5.74, 6) is -0.471. The lowest BCUT2D eigenvalue weighted by Crippen LogP contribution is -2.23. The fourth-order valence-electron chi connectivity index (χ4n) is 2.43. The molecule has 0 unspecified atom stereocenters. The average Bonchev–Trinajstić information content (AvgIpc) is 2.58. The number of hydrogen-bond acceptors (Lipinski definition) is 3. The van der Waals surface area contributed by atoms with Crippen molar-refractivity contribution in [3.63, 3.8) is 0 Å². The van der Waals surface area contributed by atoms with E-state index in [1.54, 1.807) is 48.0 Å². The van der Waals surface area contributed by atoms with Gasteiger partial charge in [-0.05, 0) is 36.4 Å². The third-order valence-corrected chi connectivity index (χ3v) is 3.61. The molecule has 5 nitrogen and oxygen atoms in total. The number of para-hydroxylation sites is 1. The van der Waals surface area contributed by atoms with Crippen LogP contribution in [-0.2, 0) is 7.05 Å². The number of aryl methyl sites for hydroxylation is 1. The van der Waals surface area contributed by atoms with Gasteiger partial charge >= 0.3 is 0 Å². The van der Waals surface area contributed by atoms with Gasteiger partial charge in [0.1, 0.15) is 5.56 Å². The van der Waals surface area contributed by atoms with Crippen molar-refractivity contribution >= 4 is 22.5 Å². The van der Waals surface area contributed by atoms with Crippen LogP contribution in [-0.4, -0.2) is 10.5 Å². The van der Waals surface area contributed by atoms with Crippen molar-refractivity contribution in [3.05, 3.63) is 76.1 Å². The van der Waals surface area contributed by atoms with Gasteiger partial charge in [-0.3, -0.25) is 9.59 Å².